The van der Waals surface area contributed by atoms with Gasteiger partial charge in [0.2, 0.25) is 0 Å². The van der Waals surface area contributed by atoms with Crippen LogP contribution < -0.4 is 0 Å². The molecule has 0 N–H and O–H groups in total. The van der Waals surface area contributed by atoms with E-state index in [2.05, 4.69) is 27.8 Å². The normalized spacial score (nSPS) is 11.0. The first-order chi connectivity index (χ1) is 10.8. The summed E-state index contributed by atoms with van der Waals surface area (Å²) in [5, 5.41) is 0. The smallest absolute Gasteiger partial charge is 0.123 e. The van der Waals surface area contributed by atoms with Gasteiger partial charge >= 0.3 is 0 Å². The first-order valence-corrected chi connectivity index (χ1v) is 7.11. The fourth-order valence-electron chi connectivity index (χ4n) is 2.72. The van der Waals surface area contributed by atoms with E-state index in [4.69, 9.17) is 0 Å². The van der Waals surface area contributed by atoms with E-state index in [1.165, 1.54) is 12.1 Å². The fourth-order valence-corrected chi connectivity index (χ4v) is 2.72. The van der Waals surface area contributed by atoms with Gasteiger partial charge in [-0.05, 0) is 48.0 Å². The summed E-state index contributed by atoms with van der Waals surface area (Å²) in [6, 6.07) is 22.7. The zero-order valence-corrected chi connectivity index (χ0v) is 11.8. The van der Waals surface area contributed by atoms with Gasteiger partial charge in [-0.1, -0.05) is 30.3 Å². The fraction of sp³-hybridized carbons (Fsp3) is 0. The Labute approximate surface area is 127 Å². The topological polar surface area (TPSA) is 17.8 Å². The van der Waals surface area contributed by atoms with Crippen LogP contribution in [-0.4, -0.2) is 9.55 Å². The van der Waals surface area contributed by atoms with Crippen molar-refractivity contribution in [3.63, 3.8) is 0 Å². The highest BCUT2D eigenvalue weighted by Crippen LogP contribution is 2.30. The molecule has 4 aromatic rings. The molecule has 0 spiro atoms. The molecule has 2 heterocycles. The highest BCUT2D eigenvalue weighted by Gasteiger charge is 2.12. The van der Waals surface area contributed by atoms with Gasteiger partial charge in [-0.3, -0.25) is 4.98 Å². The van der Waals surface area contributed by atoms with Crippen LogP contribution in [0, 0.1) is 5.82 Å². The lowest BCUT2D eigenvalue weighted by Crippen LogP contribution is -1.96. The minimum absolute atomic E-state index is 0.236. The molecule has 2 nitrogen and oxygen atoms in total. The molecule has 0 unspecified atom stereocenters. The van der Waals surface area contributed by atoms with Crippen molar-refractivity contribution in [2.24, 2.45) is 0 Å². The molecule has 3 heteroatoms. The van der Waals surface area contributed by atoms with E-state index in [1.54, 1.807) is 18.3 Å². The quantitative estimate of drug-likeness (QED) is 0.516. The minimum atomic E-state index is -0.236. The first kappa shape index (κ1) is 12.8. The molecule has 0 aliphatic heterocycles. The number of halogens is 1. The Morgan fingerprint density at radius 2 is 1.59 bits per heavy atom. The first-order valence-electron chi connectivity index (χ1n) is 7.11. The third-order valence-electron chi connectivity index (χ3n) is 3.73. The van der Waals surface area contributed by atoms with Crippen LogP contribution in [0.1, 0.15) is 0 Å². The van der Waals surface area contributed by atoms with E-state index in [1.807, 2.05) is 30.3 Å². The summed E-state index contributed by atoms with van der Waals surface area (Å²) in [5.41, 5.74) is 4.99. The van der Waals surface area contributed by atoms with Crippen LogP contribution in [0.5, 0.6) is 0 Å². The Balaban J connectivity index is 2.04. The van der Waals surface area contributed by atoms with Crippen LogP contribution in [0.3, 0.4) is 0 Å². The van der Waals surface area contributed by atoms with Crippen LogP contribution in [0.4, 0.5) is 4.39 Å². The summed E-state index contributed by atoms with van der Waals surface area (Å²) in [5.74, 6) is -0.236. The Hall–Kier alpha value is -2.94. The van der Waals surface area contributed by atoms with Gasteiger partial charge in [0.1, 0.15) is 5.82 Å². The third-order valence-corrected chi connectivity index (χ3v) is 3.73. The third kappa shape index (κ3) is 2.07. The largest absolute Gasteiger partial charge is 0.308 e. The molecule has 0 amide bonds. The summed E-state index contributed by atoms with van der Waals surface area (Å²) < 4.78 is 15.4. The van der Waals surface area contributed by atoms with Crippen molar-refractivity contribution in [1.82, 2.24) is 9.55 Å². The van der Waals surface area contributed by atoms with Gasteiger partial charge in [0.25, 0.3) is 0 Å². The Bertz CT molecular complexity index is 925. The van der Waals surface area contributed by atoms with Crippen molar-refractivity contribution in [2.75, 3.05) is 0 Å². The zero-order valence-electron chi connectivity index (χ0n) is 11.8. The Morgan fingerprint density at radius 3 is 2.36 bits per heavy atom. The number of hydrogen-bond acceptors (Lipinski definition) is 1. The molecule has 2 aromatic heterocycles. The van der Waals surface area contributed by atoms with Crippen LogP contribution in [-0.2, 0) is 0 Å². The zero-order chi connectivity index (χ0) is 14.9. The number of benzene rings is 2. The monoisotopic (exact) mass is 288 g/mol. The van der Waals surface area contributed by atoms with Crippen molar-refractivity contribution >= 4 is 11.0 Å². The van der Waals surface area contributed by atoms with Gasteiger partial charge in [0.05, 0.1) is 16.7 Å². The standard InChI is InChI=1S/C19H13FN2/c20-15-8-10-16(11-9-15)22-18-7-4-12-21-17(18)13-19(22)14-5-2-1-3-6-14/h1-13H. The van der Waals surface area contributed by atoms with E-state index < -0.39 is 0 Å². The molecule has 0 radical (unpaired) electrons. The van der Waals surface area contributed by atoms with Crippen LogP contribution >= 0.6 is 0 Å². The second-order valence-electron chi connectivity index (χ2n) is 5.12. The molecule has 4 rings (SSSR count). The summed E-state index contributed by atoms with van der Waals surface area (Å²) in [6.45, 7) is 0. The number of fused-ring (bicyclic) bond motifs is 1. The van der Waals surface area contributed by atoms with Gasteiger partial charge in [-0.25, -0.2) is 4.39 Å². The highest BCUT2D eigenvalue weighted by molar-refractivity contribution is 5.86. The molecular formula is C19H13FN2. The lowest BCUT2D eigenvalue weighted by molar-refractivity contribution is 0.627. The molecule has 0 saturated carbocycles. The molecular weight excluding hydrogens is 275 g/mol. The number of pyridine rings is 1. The Morgan fingerprint density at radius 1 is 0.818 bits per heavy atom. The number of rotatable bonds is 2. The molecule has 106 valence electrons. The van der Waals surface area contributed by atoms with E-state index >= 15 is 0 Å². The van der Waals surface area contributed by atoms with E-state index in [0.29, 0.717) is 0 Å². The second kappa shape index (κ2) is 5.11. The number of hydrogen-bond donors (Lipinski definition) is 0. The van der Waals surface area contributed by atoms with Crippen LogP contribution in [0.15, 0.2) is 79.0 Å². The maximum absolute atomic E-state index is 13.2. The average Bonchev–Trinajstić information content (AvgIpc) is 2.96. The lowest BCUT2D eigenvalue weighted by atomic mass is 10.1. The van der Waals surface area contributed by atoms with E-state index in [-0.39, 0.29) is 5.82 Å². The van der Waals surface area contributed by atoms with Gasteiger partial charge in [-0.2, -0.15) is 0 Å². The van der Waals surface area contributed by atoms with Gasteiger partial charge < -0.3 is 4.57 Å². The van der Waals surface area contributed by atoms with Gasteiger partial charge in [0.15, 0.2) is 0 Å². The second-order valence-corrected chi connectivity index (χ2v) is 5.12. The average molecular weight is 288 g/mol. The van der Waals surface area contributed by atoms with Crippen LogP contribution in [0.2, 0.25) is 0 Å². The van der Waals surface area contributed by atoms with Crippen molar-refractivity contribution in [1.29, 1.82) is 0 Å². The molecule has 0 aliphatic rings. The predicted molar refractivity (Wildman–Crippen MR) is 86.5 cm³/mol. The van der Waals surface area contributed by atoms with Crippen molar-refractivity contribution < 1.29 is 4.39 Å². The molecule has 2 aromatic carbocycles. The maximum Gasteiger partial charge on any atom is 0.123 e. The summed E-state index contributed by atoms with van der Waals surface area (Å²) in [4.78, 5) is 4.44. The van der Waals surface area contributed by atoms with Crippen molar-refractivity contribution in [2.45, 2.75) is 0 Å². The van der Waals surface area contributed by atoms with Gasteiger partial charge in [-0.15, -0.1) is 0 Å². The SMILES string of the molecule is Fc1ccc(-n2c(-c3ccccc3)cc3ncccc32)cc1. The molecule has 0 bridgehead atoms. The predicted octanol–water partition coefficient (Wildman–Crippen LogP) is 4.83. The molecule has 0 fully saturated rings. The molecule has 0 atom stereocenters. The summed E-state index contributed by atoms with van der Waals surface area (Å²) in [6.07, 6.45) is 1.78. The summed E-state index contributed by atoms with van der Waals surface area (Å²) in [7, 11) is 0. The maximum atomic E-state index is 13.2. The number of nitrogens with zero attached hydrogens (tertiary/aromatic N) is 2. The van der Waals surface area contributed by atoms with Crippen LogP contribution in [0.25, 0.3) is 28.0 Å². The molecule has 0 aliphatic carbocycles. The Kier molecular flexibility index (Phi) is 2.97. The minimum Gasteiger partial charge on any atom is -0.308 e. The van der Waals surface area contributed by atoms with Crippen molar-refractivity contribution in [3.05, 3.63) is 84.8 Å². The van der Waals surface area contributed by atoms with Crippen molar-refractivity contribution in [3.8, 4) is 16.9 Å². The summed E-state index contributed by atoms with van der Waals surface area (Å²) >= 11 is 0. The highest BCUT2D eigenvalue weighted by atomic mass is 19.1. The van der Waals surface area contributed by atoms with Gasteiger partial charge in [0, 0.05) is 11.9 Å². The molecule has 0 saturated heterocycles. The van der Waals surface area contributed by atoms with E-state index in [9.17, 15) is 4.39 Å². The molecule has 22 heavy (non-hydrogen) atoms. The lowest BCUT2D eigenvalue weighted by Gasteiger charge is -2.11. The number of aromatic nitrogens is 2. The van der Waals surface area contributed by atoms with E-state index in [0.717, 1.165) is 28.0 Å².